The van der Waals surface area contributed by atoms with E-state index in [1.807, 2.05) is 10.9 Å². The van der Waals surface area contributed by atoms with Gasteiger partial charge in [-0.1, -0.05) is 31.4 Å². The molecule has 86 valence electrons. The molecule has 0 amide bonds. The molecule has 0 atom stereocenters. The summed E-state index contributed by atoms with van der Waals surface area (Å²) in [5.41, 5.74) is 0. The monoisotopic (exact) mass is 210 g/mol. The molecule has 0 saturated heterocycles. The molecule has 0 aliphatic rings. The van der Waals surface area contributed by atoms with Crippen molar-refractivity contribution < 1.29 is 0 Å². The normalized spacial score (nSPS) is 10.7. The van der Waals surface area contributed by atoms with Crippen LogP contribution in [0.1, 0.15) is 39.0 Å². The maximum absolute atomic E-state index is 3.91. The van der Waals surface area contributed by atoms with E-state index in [1.54, 1.807) is 6.20 Å². The Morgan fingerprint density at radius 1 is 1.13 bits per heavy atom. The molecule has 1 aromatic rings. The van der Waals surface area contributed by atoms with Crippen LogP contribution in [0, 0.1) is 0 Å². The molecule has 0 unspecified atom stereocenters. The van der Waals surface area contributed by atoms with Gasteiger partial charge in [-0.15, -0.1) is 5.10 Å². The fraction of sp³-hybridized carbons (Fsp3) is 0.818. The Kier molecular flexibility index (Phi) is 6.83. The quantitative estimate of drug-likeness (QED) is 0.632. The zero-order valence-corrected chi connectivity index (χ0v) is 9.65. The van der Waals surface area contributed by atoms with E-state index in [0.29, 0.717) is 0 Å². The summed E-state index contributed by atoms with van der Waals surface area (Å²) < 4.78 is 1.87. The van der Waals surface area contributed by atoms with Crippen LogP contribution >= 0.6 is 0 Å². The second kappa shape index (κ2) is 8.41. The number of hydrogen-bond donors (Lipinski definition) is 1. The second-order valence-electron chi connectivity index (χ2n) is 3.83. The zero-order valence-electron chi connectivity index (χ0n) is 9.65. The van der Waals surface area contributed by atoms with Gasteiger partial charge in [-0.25, -0.2) is 0 Å². The molecule has 0 saturated carbocycles. The van der Waals surface area contributed by atoms with E-state index < -0.39 is 0 Å². The average Bonchev–Trinajstić information content (AvgIpc) is 2.75. The van der Waals surface area contributed by atoms with Gasteiger partial charge in [0.2, 0.25) is 0 Å². The van der Waals surface area contributed by atoms with E-state index in [0.717, 1.165) is 26.1 Å². The SMILES string of the molecule is CCCCCCNCCCn1ccnn1. The fourth-order valence-electron chi connectivity index (χ4n) is 1.52. The van der Waals surface area contributed by atoms with Crippen LogP contribution in [-0.4, -0.2) is 28.1 Å². The van der Waals surface area contributed by atoms with E-state index >= 15 is 0 Å². The Bertz CT molecular complexity index is 221. The van der Waals surface area contributed by atoms with Crippen LogP contribution in [0.25, 0.3) is 0 Å². The van der Waals surface area contributed by atoms with Gasteiger partial charge in [0.1, 0.15) is 0 Å². The van der Waals surface area contributed by atoms with Crippen molar-refractivity contribution in [3.8, 4) is 0 Å². The molecule has 0 radical (unpaired) electrons. The number of nitrogens with zero attached hydrogens (tertiary/aromatic N) is 3. The molecular formula is C11H22N4. The summed E-state index contributed by atoms with van der Waals surface area (Å²) in [7, 11) is 0. The van der Waals surface area contributed by atoms with Gasteiger partial charge >= 0.3 is 0 Å². The van der Waals surface area contributed by atoms with Crippen molar-refractivity contribution in [2.45, 2.75) is 45.6 Å². The van der Waals surface area contributed by atoms with Gasteiger partial charge in [0, 0.05) is 12.7 Å². The molecule has 0 aromatic carbocycles. The van der Waals surface area contributed by atoms with Crippen molar-refractivity contribution in [3.63, 3.8) is 0 Å². The highest BCUT2D eigenvalue weighted by molar-refractivity contribution is 4.63. The van der Waals surface area contributed by atoms with Crippen LogP contribution in [0.5, 0.6) is 0 Å². The lowest BCUT2D eigenvalue weighted by atomic mass is 10.2. The van der Waals surface area contributed by atoms with Crippen molar-refractivity contribution in [2.24, 2.45) is 0 Å². The molecular weight excluding hydrogens is 188 g/mol. The first-order valence-electron chi connectivity index (χ1n) is 5.98. The van der Waals surface area contributed by atoms with Crippen LogP contribution in [0.3, 0.4) is 0 Å². The number of rotatable bonds is 9. The highest BCUT2D eigenvalue weighted by Gasteiger charge is 1.92. The van der Waals surface area contributed by atoms with Crippen LogP contribution < -0.4 is 5.32 Å². The number of aryl methyl sites for hydroxylation is 1. The van der Waals surface area contributed by atoms with Gasteiger partial charge in [0.15, 0.2) is 0 Å². The van der Waals surface area contributed by atoms with Gasteiger partial charge in [-0.2, -0.15) is 0 Å². The van der Waals surface area contributed by atoms with Gasteiger partial charge < -0.3 is 5.32 Å². The molecule has 4 nitrogen and oxygen atoms in total. The number of aromatic nitrogens is 3. The number of hydrogen-bond acceptors (Lipinski definition) is 3. The maximum atomic E-state index is 3.91. The average molecular weight is 210 g/mol. The first kappa shape index (κ1) is 12.2. The second-order valence-corrected chi connectivity index (χ2v) is 3.83. The smallest absolute Gasteiger partial charge is 0.0692 e. The Morgan fingerprint density at radius 2 is 2.00 bits per heavy atom. The molecule has 1 N–H and O–H groups in total. The summed E-state index contributed by atoms with van der Waals surface area (Å²) in [4.78, 5) is 0. The van der Waals surface area contributed by atoms with Crippen LogP contribution in [0.2, 0.25) is 0 Å². The van der Waals surface area contributed by atoms with Gasteiger partial charge in [0.05, 0.1) is 6.20 Å². The van der Waals surface area contributed by atoms with Crippen LogP contribution in [0.15, 0.2) is 12.4 Å². The molecule has 0 spiro atoms. The van der Waals surface area contributed by atoms with Crippen molar-refractivity contribution in [3.05, 3.63) is 12.4 Å². The van der Waals surface area contributed by atoms with Crippen molar-refractivity contribution in [1.29, 1.82) is 0 Å². The Morgan fingerprint density at radius 3 is 2.73 bits per heavy atom. The number of unbranched alkanes of at least 4 members (excludes halogenated alkanes) is 3. The summed E-state index contributed by atoms with van der Waals surface area (Å²) in [6.07, 6.45) is 10.1. The predicted octanol–water partition coefficient (Wildman–Crippen LogP) is 1.84. The Hall–Kier alpha value is -0.900. The third kappa shape index (κ3) is 6.23. The van der Waals surface area contributed by atoms with E-state index in [2.05, 4.69) is 22.6 Å². The Labute approximate surface area is 92.1 Å². The minimum absolute atomic E-state index is 0.960. The highest BCUT2D eigenvalue weighted by atomic mass is 15.4. The number of nitrogens with one attached hydrogen (secondary N) is 1. The minimum Gasteiger partial charge on any atom is -0.317 e. The van der Waals surface area contributed by atoms with Crippen molar-refractivity contribution in [2.75, 3.05) is 13.1 Å². The summed E-state index contributed by atoms with van der Waals surface area (Å²) in [5, 5.41) is 11.1. The molecule has 1 rings (SSSR count). The molecule has 15 heavy (non-hydrogen) atoms. The lowest BCUT2D eigenvalue weighted by Crippen LogP contribution is -2.18. The largest absolute Gasteiger partial charge is 0.317 e. The topological polar surface area (TPSA) is 42.7 Å². The first-order chi connectivity index (χ1) is 7.43. The zero-order chi connectivity index (χ0) is 10.8. The first-order valence-corrected chi connectivity index (χ1v) is 5.98. The molecule has 0 bridgehead atoms. The fourth-order valence-corrected chi connectivity index (χ4v) is 1.52. The van der Waals surface area contributed by atoms with Gasteiger partial charge in [0.25, 0.3) is 0 Å². The molecule has 1 aromatic heterocycles. The third-order valence-electron chi connectivity index (χ3n) is 2.42. The van der Waals surface area contributed by atoms with Gasteiger partial charge in [-0.3, -0.25) is 4.68 Å². The van der Waals surface area contributed by atoms with E-state index in [1.165, 1.54) is 25.7 Å². The summed E-state index contributed by atoms with van der Waals surface area (Å²) in [5.74, 6) is 0. The van der Waals surface area contributed by atoms with Gasteiger partial charge in [-0.05, 0) is 25.9 Å². The van der Waals surface area contributed by atoms with Crippen LogP contribution in [-0.2, 0) is 6.54 Å². The van der Waals surface area contributed by atoms with E-state index in [9.17, 15) is 0 Å². The molecule has 0 aliphatic carbocycles. The Balaban J connectivity index is 1.81. The third-order valence-corrected chi connectivity index (χ3v) is 2.42. The molecule has 0 fully saturated rings. The lowest BCUT2D eigenvalue weighted by molar-refractivity contribution is 0.520. The molecule has 1 heterocycles. The molecule has 4 heteroatoms. The predicted molar refractivity (Wildman–Crippen MR) is 61.7 cm³/mol. The van der Waals surface area contributed by atoms with Crippen molar-refractivity contribution in [1.82, 2.24) is 20.3 Å². The highest BCUT2D eigenvalue weighted by Crippen LogP contribution is 1.96. The molecule has 0 aliphatic heterocycles. The van der Waals surface area contributed by atoms with E-state index in [-0.39, 0.29) is 0 Å². The standard InChI is InChI=1S/C11H22N4/c1-2-3-4-5-7-12-8-6-10-15-11-9-13-14-15/h9,11-12H,2-8,10H2,1H3. The summed E-state index contributed by atoms with van der Waals surface area (Å²) in [6, 6.07) is 0. The maximum Gasteiger partial charge on any atom is 0.0692 e. The van der Waals surface area contributed by atoms with Crippen molar-refractivity contribution >= 4 is 0 Å². The lowest BCUT2D eigenvalue weighted by Gasteiger charge is -2.04. The summed E-state index contributed by atoms with van der Waals surface area (Å²) >= 11 is 0. The summed E-state index contributed by atoms with van der Waals surface area (Å²) in [6.45, 7) is 5.43. The minimum atomic E-state index is 0.960. The van der Waals surface area contributed by atoms with Crippen LogP contribution in [0.4, 0.5) is 0 Å². The van der Waals surface area contributed by atoms with E-state index in [4.69, 9.17) is 0 Å².